The van der Waals surface area contributed by atoms with Gasteiger partial charge in [-0.3, -0.25) is 4.79 Å². The van der Waals surface area contributed by atoms with Crippen LogP contribution in [0.5, 0.6) is 0 Å². The minimum atomic E-state index is -0.0286. The van der Waals surface area contributed by atoms with Gasteiger partial charge in [0.15, 0.2) is 0 Å². The van der Waals surface area contributed by atoms with Crippen LogP contribution < -0.4 is 5.32 Å². The first kappa shape index (κ1) is 17.9. The quantitative estimate of drug-likeness (QED) is 0.596. The van der Waals surface area contributed by atoms with E-state index in [-0.39, 0.29) is 11.9 Å². The Balaban J connectivity index is 1.75. The highest BCUT2D eigenvalue weighted by Gasteiger charge is 2.17. The molecule has 0 spiro atoms. The average molecular weight is 343 g/mol. The average Bonchev–Trinajstić information content (AvgIpc) is 2.68. The number of rotatable bonds is 6. The molecule has 0 radical (unpaired) electrons. The van der Waals surface area contributed by atoms with Crippen molar-refractivity contribution in [2.75, 3.05) is 0 Å². The fourth-order valence-corrected chi connectivity index (χ4v) is 3.12. The third-order valence-electron chi connectivity index (χ3n) is 4.47. The van der Waals surface area contributed by atoms with E-state index in [1.807, 2.05) is 60.7 Å². The first-order chi connectivity index (χ1) is 12.6. The topological polar surface area (TPSA) is 29.1 Å². The molecule has 1 N–H and O–H groups in total. The first-order valence-corrected chi connectivity index (χ1v) is 9.15. The predicted molar refractivity (Wildman–Crippen MR) is 108 cm³/mol. The van der Waals surface area contributed by atoms with E-state index in [0.717, 1.165) is 23.1 Å². The molecule has 2 heteroatoms. The Bertz CT molecular complexity index is 823. The van der Waals surface area contributed by atoms with Crippen LogP contribution in [0.1, 0.15) is 42.2 Å². The molecule has 0 unspecified atom stereocenters. The first-order valence-electron chi connectivity index (χ1n) is 9.15. The van der Waals surface area contributed by atoms with Gasteiger partial charge in [-0.15, -0.1) is 0 Å². The van der Waals surface area contributed by atoms with E-state index in [9.17, 15) is 4.79 Å². The van der Waals surface area contributed by atoms with Crippen LogP contribution in [0.3, 0.4) is 0 Å². The standard InChI is InChI=1S/C24H25NO/c1-18(2)17-23(21-11-7-4-8-12-21)25-24(26)22-15-13-20(14-16-22)19-9-5-3-6-10-19/h3-16,18,23H,17H2,1-2H3,(H,25,26)/t23-/m0/s1. The van der Waals surface area contributed by atoms with Crippen molar-refractivity contribution in [2.24, 2.45) is 5.92 Å². The third kappa shape index (κ3) is 4.60. The van der Waals surface area contributed by atoms with Crippen LogP contribution in [0.15, 0.2) is 84.9 Å². The Morgan fingerprint density at radius 2 is 1.31 bits per heavy atom. The van der Waals surface area contributed by atoms with Crippen LogP contribution in [-0.4, -0.2) is 5.91 Å². The Labute approximate surface area is 155 Å². The SMILES string of the molecule is CC(C)C[C@H](NC(=O)c1ccc(-c2ccccc2)cc1)c1ccccc1. The molecule has 2 nitrogen and oxygen atoms in total. The Morgan fingerprint density at radius 3 is 1.88 bits per heavy atom. The molecule has 3 aromatic carbocycles. The zero-order valence-electron chi connectivity index (χ0n) is 15.4. The molecule has 0 saturated heterocycles. The van der Waals surface area contributed by atoms with Gasteiger partial charge in [-0.25, -0.2) is 0 Å². The molecule has 0 aliphatic carbocycles. The zero-order valence-corrected chi connectivity index (χ0v) is 15.4. The highest BCUT2D eigenvalue weighted by Crippen LogP contribution is 2.23. The molecule has 0 fully saturated rings. The molecular weight excluding hydrogens is 318 g/mol. The molecule has 0 saturated carbocycles. The second-order valence-electron chi connectivity index (χ2n) is 7.01. The van der Waals surface area contributed by atoms with Gasteiger partial charge in [-0.05, 0) is 41.2 Å². The van der Waals surface area contributed by atoms with Gasteiger partial charge in [-0.2, -0.15) is 0 Å². The largest absolute Gasteiger partial charge is 0.345 e. The number of benzene rings is 3. The zero-order chi connectivity index (χ0) is 18.4. The normalized spacial score (nSPS) is 12.0. The highest BCUT2D eigenvalue weighted by atomic mass is 16.1. The lowest BCUT2D eigenvalue weighted by molar-refractivity contribution is 0.0932. The van der Waals surface area contributed by atoms with Crippen molar-refractivity contribution in [3.63, 3.8) is 0 Å². The molecule has 0 aromatic heterocycles. The molecule has 3 aromatic rings. The molecule has 0 aliphatic rings. The minimum absolute atomic E-state index is 0.0255. The van der Waals surface area contributed by atoms with Crippen molar-refractivity contribution in [1.82, 2.24) is 5.32 Å². The van der Waals surface area contributed by atoms with Gasteiger partial charge in [0.1, 0.15) is 0 Å². The van der Waals surface area contributed by atoms with Gasteiger partial charge in [0.2, 0.25) is 0 Å². The van der Waals surface area contributed by atoms with Crippen LogP contribution in [-0.2, 0) is 0 Å². The number of hydrogen-bond donors (Lipinski definition) is 1. The monoisotopic (exact) mass is 343 g/mol. The summed E-state index contributed by atoms with van der Waals surface area (Å²) in [5, 5.41) is 3.20. The molecule has 132 valence electrons. The van der Waals surface area contributed by atoms with Crippen molar-refractivity contribution in [2.45, 2.75) is 26.3 Å². The summed E-state index contributed by atoms with van der Waals surface area (Å²) in [6.45, 7) is 4.35. The number of nitrogens with one attached hydrogen (secondary N) is 1. The van der Waals surface area contributed by atoms with Gasteiger partial charge in [-0.1, -0.05) is 86.6 Å². The molecule has 1 amide bonds. The summed E-state index contributed by atoms with van der Waals surface area (Å²) in [5.41, 5.74) is 4.11. The van der Waals surface area contributed by atoms with E-state index in [1.54, 1.807) is 0 Å². The fraction of sp³-hybridized carbons (Fsp3) is 0.208. The van der Waals surface area contributed by atoms with Crippen molar-refractivity contribution in [3.8, 4) is 11.1 Å². The van der Waals surface area contributed by atoms with Crippen molar-refractivity contribution in [3.05, 3.63) is 96.1 Å². The second kappa shape index (κ2) is 8.48. The van der Waals surface area contributed by atoms with E-state index in [2.05, 4.69) is 43.4 Å². The lowest BCUT2D eigenvalue weighted by Crippen LogP contribution is -2.29. The lowest BCUT2D eigenvalue weighted by Gasteiger charge is -2.21. The summed E-state index contributed by atoms with van der Waals surface area (Å²) in [6, 6.07) is 28.2. The maximum Gasteiger partial charge on any atom is 0.251 e. The summed E-state index contributed by atoms with van der Waals surface area (Å²) in [7, 11) is 0. The fourth-order valence-electron chi connectivity index (χ4n) is 3.12. The van der Waals surface area contributed by atoms with Crippen LogP contribution >= 0.6 is 0 Å². The van der Waals surface area contributed by atoms with Crippen LogP contribution in [0, 0.1) is 5.92 Å². The van der Waals surface area contributed by atoms with Gasteiger partial charge in [0, 0.05) is 5.56 Å². The molecule has 1 atom stereocenters. The maximum atomic E-state index is 12.7. The molecule has 0 bridgehead atoms. The van der Waals surface area contributed by atoms with Crippen molar-refractivity contribution in [1.29, 1.82) is 0 Å². The van der Waals surface area contributed by atoms with Crippen LogP contribution in [0.4, 0.5) is 0 Å². The molecule has 26 heavy (non-hydrogen) atoms. The van der Waals surface area contributed by atoms with Crippen molar-refractivity contribution < 1.29 is 4.79 Å². The summed E-state index contributed by atoms with van der Waals surface area (Å²) in [4.78, 5) is 12.7. The van der Waals surface area contributed by atoms with Crippen LogP contribution in [0.2, 0.25) is 0 Å². The Morgan fingerprint density at radius 1 is 0.769 bits per heavy atom. The maximum absolute atomic E-state index is 12.7. The lowest BCUT2D eigenvalue weighted by atomic mass is 9.96. The molecule has 0 heterocycles. The van der Waals surface area contributed by atoms with Gasteiger partial charge in [0.25, 0.3) is 5.91 Å². The summed E-state index contributed by atoms with van der Waals surface area (Å²) < 4.78 is 0. The number of carbonyl (C=O) groups excluding carboxylic acids is 1. The van der Waals surface area contributed by atoms with E-state index in [1.165, 1.54) is 0 Å². The van der Waals surface area contributed by atoms with E-state index in [4.69, 9.17) is 0 Å². The van der Waals surface area contributed by atoms with E-state index < -0.39 is 0 Å². The van der Waals surface area contributed by atoms with Crippen molar-refractivity contribution >= 4 is 5.91 Å². The molecule has 3 rings (SSSR count). The highest BCUT2D eigenvalue weighted by molar-refractivity contribution is 5.95. The van der Waals surface area contributed by atoms with E-state index >= 15 is 0 Å². The molecule has 0 aliphatic heterocycles. The number of amides is 1. The molecular formula is C24H25NO. The Kier molecular flexibility index (Phi) is 5.85. The third-order valence-corrected chi connectivity index (χ3v) is 4.47. The van der Waals surface area contributed by atoms with Gasteiger partial charge in [0.05, 0.1) is 6.04 Å². The minimum Gasteiger partial charge on any atom is -0.345 e. The van der Waals surface area contributed by atoms with Crippen LogP contribution in [0.25, 0.3) is 11.1 Å². The predicted octanol–water partition coefficient (Wildman–Crippen LogP) is 5.87. The summed E-state index contributed by atoms with van der Waals surface area (Å²) in [5.74, 6) is 0.472. The summed E-state index contributed by atoms with van der Waals surface area (Å²) in [6.07, 6.45) is 0.915. The van der Waals surface area contributed by atoms with E-state index in [0.29, 0.717) is 11.5 Å². The smallest absolute Gasteiger partial charge is 0.251 e. The number of hydrogen-bond acceptors (Lipinski definition) is 1. The number of carbonyl (C=O) groups is 1. The van der Waals surface area contributed by atoms with Gasteiger partial charge >= 0.3 is 0 Å². The van der Waals surface area contributed by atoms with Gasteiger partial charge < -0.3 is 5.32 Å². The second-order valence-corrected chi connectivity index (χ2v) is 7.01. The Hall–Kier alpha value is -2.87. The summed E-state index contributed by atoms with van der Waals surface area (Å²) >= 11 is 0.